The Labute approximate surface area is 101 Å². The molecule has 0 aliphatic heterocycles. The molecule has 0 atom stereocenters. The molecule has 1 heterocycles. The predicted octanol–water partition coefficient (Wildman–Crippen LogP) is 2.35. The zero-order valence-electron chi connectivity index (χ0n) is 9.64. The third-order valence-electron chi connectivity index (χ3n) is 3.08. The minimum absolute atomic E-state index is 0.814. The van der Waals surface area contributed by atoms with Crippen LogP contribution in [0.2, 0.25) is 6.82 Å². The number of benzene rings is 2. The van der Waals surface area contributed by atoms with E-state index in [1.54, 1.807) is 0 Å². The molecule has 2 nitrogen and oxygen atoms in total. The number of fused-ring (bicyclic) bond motifs is 2. The summed E-state index contributed by atoms with van der Waals surface area (Å²) in [7, 11) is 2.06. The number of nitrogens with two attached hydrogens (primary N) is 1. The fraction of sp³-hybridized carbons (Fsp3) is 0.0714. The molecule has 0 spiro atoms. The van der Waals surface area contributed by atoms with Crippen molar-refractivity contribution in [2.75, 3.05) is 5.73 Å². The molecule has 3 rings (SSSR count). The Bertz CT molecular complexity index is 707. The van der Waals surface area contributed by atoms with Crippen molar-refractivity contribution in [3.63, 3.8) is 0 Å². The van der Waals surface area contributed by atoms with Gasteiger partial charge in [0.25, 0.3) is 0 Å². The normalized spacial score (nSPS) is 10.9. The summed E-state index contributed by atoms with van der Waals surface area (Å²) in [6.07, 6.45) is 0. The summed E-state index contributed by atoms with van der Waals surface area (Å²) in [5, 5.41) is 2.05. The highest BCUT2D eigenvalue weighted by molar-refractivity contribution is 6.52. The van der Waals surface area contributed by atoms with Gasteiger partial charge in [-0.3, -0.25) is 0 Å². The maximum Gasteiger partial charge on any atom is 0.148 e. The molecule has 3 aromatic rings. The molecule has 0 saturated carbocycles. The fourth-order valence-corrected chi connectivity index (χ4v) is 2.12. The van der Waals surface area contributed by atoms with Crippen molar-refractivity contribution in [1.82, 2.24) is 4.98 Å². The van der Waals surface area contributed by atoms with Crippen molar-refractivity contribution < 1.29 is 0 Å². The maximum atomic E-state index is 6.22. The maximum absolute atomic E-state index is 6.22. The highest BCUT2D eigenvalue weighted by Gasteiger charge is 2.06. The third kappa shape index (κ3) is 1.55. The first-order valence-corrected chi connectivity index (χ1v) is 5.67. The molecule has 2 aromatic carbocycles. The van der Waals surface area contributed by atoms with Crippen molar-refractivity contribution in [3.05, 3.63) is 42.5 Å². The molecule has 81 valence electrons. The molecule has 0 fully saturated rings. The first-order valence-electron chi connectivity index (χ1n) is 5.67. The van der Waals surface area contributed by atoms with Crippen LogP contribution in [0.15, 0.2) is 42.5 Å². The largest absolute Gasteiger partial charge is 0.398 e. The van der Waals surface area contributed by atoms with Crippen LogP contribution in [0, 0.1) is 0 Å². The average Bonchev–Trinajstić information content (AvgIpc) is 2.39. The van der Waals surface area contributed by atoms with Crippen LogP contribution in [0.5, 0.6) is 0 Å². The lowest BCUT2D eigenvalue weighted by molar-refractivity contribution is 1.50. The molecule has 0 unspecified atom stereocenters. The van der Waals surface area contributed by atoms with Crippen LogP contribution in [-0.2, 0) is 0 Å². The number of aromatic nitrogens is 1. The summed E-state index contributed by atoms with van der Waals surface area (Å²) in [5.74, 6) is 0. The van der Waals surface area contributed by atoms with Gasteiger partial charge in [-0.15, -0.1) is 0 Å². The molecule has 0 bridgehead atoms. The lowest BCUT2D eigenvalue weighted by Crippen LogP contribution is -2.10. The zero-order chi connectivity index (χ0) is 11.8. The summed E-state index contributed by atoms with van der Waals surface area (Å²) in [6, 6.07) is 14.1. The van der Waals surface area contributed by atoms with Gasteiger partial charge in [-0.2, -0.15) is 0 Å². The van der Waals surface area contributed by atoms with Gasteiger partial charge < -0.3 is 5.73 Å². The molecule has 0 saturated heterocycles. The number of pyridine rings is 1. The van der Waals surface area contributed by atoms with Gasteiger partial charge in [0, 0.05) is 10.8 Å². The van der Waals surface area contributed by atoms with E-state index in [1.807, 2.05) is 37.2 Å². The quantitative estimate of drug-likeness (QED) is 0.504. The molecule has 17 heavy (non-hydrogen) atoms. The van der Waals surface area contributed by atoms with Gasteiger partial charge in [-0.1, -0.05) is 42.6 Å². The molecule has 0 amide bonds. The van der Waals surface area contributed by atoms with Gasteiger partial charge in [0.1, 0.15) is 7.28 Å². The molecule has 1 aromatic heterocycles. The zero-order valence-corrected chi connectivity index (χ0v) is 9.64. The first kappa shape index (κ1) is 10.1. The van der Waals surface area contributed by atoms with Crippen LogP contribution < -0.4 is 11.2 Å². The summed E-state index contributed by atoms with van der Waals surface area (Å²) >= 11 is 0. The smallest absolute Gasteiger partial charge is 0.148 e. The third-order valence-corrected chi connectivity index (χ3v) is 3.08. The highest BCUT2D eigenvalue weighted by Crippen LogP contribution is 2.26. The van der Waals surface area contributed by atoms with Gasteiger partial charge in [0.2, 0.25) is 0 Å². The summed E-state index contributed by atoms with van der Waals surface area (Å²) in [5.41, 5.74) is 10.1. The SMILES string of the molecule is C[B]c1ccc2nc3ccccc3c(N)c2c1. The van der Waals surface area contributed by atoms with Gasteiger partial charge in [0.15, 0.2) is 0 Å². The molecule has 2 N–H and O–H groups in total. The van der Waals surface area contributed by atoms with Crippen LogP contribution >= 0.6 is 0 Å². The van der Waals surface area contributed by atoms with E-state index in [-0.39, 0.29) is 0 Å². The Morgan fingerprint density at radius 3 is 2.59 bits per heavy atom. The minimum atomic E-state index is 0.814. The van der Waals surface area contributed by atoms with Crippen LogP contribution in [0.1, 0.15) is 0 Å². The summed E-state index contributed by atoms with van der Waals surface area (Å²) < 4.78 is 0. The Hall–Kier alpha value is -2.03. The number of hydrogen-bond acceptors (Lipinski definition) is 2. The first-order chi connectivity index (χ1) is 8.29. The number of rotatable bonds is 1. The second-order valence-corrected chi connectivity index (χ2v) is 4.11. The summed E-state index contributed by atoms with van der Waals surface area (Å²) in [6.45, 7) is 2.02. The van der Waals surface area contributed by atoms with Gasteiger partial charge in [-0.25, -0.2) is 4.98 Å². The van der Waals surface area contributed by atoms with E-state index in [4.69, 9.17) is 5.73 Å². The molecule has 3 heteroatoms. The van der Waals surface area contributed by atoms with E-state index in [1.165, 1.54) is 5.46 Å². The number of para-hydroxylation sites is 1. The van der Waals surface area contributed by atoms with Crippen molar-refractivity contribution in [2.24, 2.45) is 0 Å². The second kappa shape index (κ2) is 3.77. The lowest BCUT2D eigenvalue weighted by atomic mass is 9.73. The average molecular weight is 219 g/mol. The van der Waals surface area contributed by atoms with E-state index < -0.39 is 0 Å². The van der Waals surface area contributed by atoms with E-state index in [2.05, 4.69) is 24.4 Å². The molecule has 0 aliphatic rings. The van der Waals surface area contributed by atoms with Crippen molar-refractivity contribution in [2.45, 2.75) is 6.82 Å². The number of hydrogen-bond donors (Lipinski definition) is 1. The molecule has 0 aliphatic carbocycles. The number of nitrogen functional groups attached to an aromatic ring is 1. The number of nitrogens with zero attached hydrogens (tertiary/aromatic N) is 1. The fourth-order valence-electron chi connectivity index (χ4n) is 2.12. The monoisotopic (exact) mass is 219 g/mol. The minimum Gasteiger partial charge on any atom is -0.398 e. The summed E-state index contributed by atoms with van der Waals surface area (Å²) in [4.78, 5) is 4.62. The van der Waals surface area contributed by atoms with Crippen molar-refractivity contribution in [3.8, 4) is 0 Å². The number of anilines is 1. The van der Waals surface area contributed by atoms with E-state index in [0.717, 1.165) is 27.5 Å². The van der Waals surface area contributed by atoms with Crippen LogP contribution in [0.4, 0.5) is 5.69 Å². The van der Waals surface area contributed by atoms with Crippen LogP contribution in [0.3, 0.4) is 0 Å². The molecule has 1 radical (unpaired) electrons. The Morgan fingerprint density at radius 2 is 1.76 bits per heavy atom. The molecular weight excluding hydrogens is 207 g/mol. The predicted molar refractivity (Wildman–Crippen MR) is 74.9 cm³/mol. The highest BCUT2D eigenvalue weighted by atomic mass is 14.7. The Morgan fingerprint density at radius 1 is 1.00 bits per heavy atom. The van der Waals surface area contributed by atoms with Gasteiger partial charge in [-0.05, 0) is 12.1 Å². The van der Waals surface area contributed by atoms with Crippen LogP contribution in [-0.4, -0.2) is 12.3 Å². The second-order valence-electron chi connectivity index (χ2n) is 4.11. The Kier molecular flexibility index (Phi) is 2.25. The van der Waals surface area contributed by atoms with E-state index in [9.17, 15) is 0 Å². The van der Waals surface area contributed by atoms with Gasteiger partial charge in [0.05, 0.1) is 16.7 Å². The lowest BCUT2D eigenvalue weighted by Gasteiger charge is -2.07. The topological polar surface area (TPSA) is 38.9 Å². The van der Waals surface area contributed by atoms with Crippen LogP contribution in [0.25, 0.3) is 21.8 Å². The van der Waals surface area contributed by atoms with Crippen molar-refractivity contribution >= 4 is 40.2 Å². The Balaban J connectivity index is 2.46. The molecular formula is C14H12BN2. The van der Waals surface area contributed by atoms with Gasteiger partial charge >= 0.3 is 0 Å². The van der Waals surface area contributed by atoms with Crippen molar-refractivity contribution in [1.29, 1.82) is 0 Å². The van der Waals surface area contributed by atoms with E-state index >= 15 is 0 Å². The van der Waals surface area contributed by atoms with E-state index in [0.29, 0.717) is 0 Å². The standard InChI is InChI=1S/C14H12BN2/c1-15-9-6-7-13-11(8-9)14(16)10-4-2-3-5-12(10)17-13/h2-8H,1H3,(H2,16,17).